The van der Waals surface area contributed by atoms with Crippen LogP contribution in [0.3, 0.4) is 0 Å². The maximum atomic E-state index is 10.8. The van der Waals surface area contributed by atoms with Crippen molar-refractivity contribution < 1.29 is 10.0 Å². The fraction of sp³-hybridized carbons (Fsp3) is 0.125. The van der Waals surface area contributed by atoms with Crippen LogP contribution in [0.2, 0.25) is 0 Å². The molecule has 1 radical (unpaired) electrons. The van der Waals surface area contributed by atoms with Crippen molar-refractivity contribution in [2.24, 2.45) is 0 Å². The van der Waals surface area contributed by atoms with Gasteiger partial charge in [-0.3, -0.25) is 10.0 Å². The van der Waals surface area contributed by atoms with E-state index in [-0.39, 0.29) is 51.4 Å². The second-order valence-electron chi connectivity index (χ2n) is 2.31. The first-order chi connectivity index (χ1) is 5.24. The number of nitrogens with one attached hydrogen (secondary N) is 1. The molecule has 0 fully saturated rings. The van der Waals surface area contributed by atoms with Crippen LogP contribution in [0.25, 0.3) is 0 Å². The number of carbonyl (C=O) groups excluding carboxylic acids is 1. The van der Waals surface area contributed by atoms with Gasteiger partial charge in [-0.05, 0) is 19.1 Å². The van der Waals surface area contributed by atoms with Gasteiger partial charge in [0, 0.05) is 56.9 Å². The smallest absolute Gasteiger partial charge is 0.274 e. The minimum Gasteiger partial charge on any atom is -0.288 e. The first kappa shape index (κ1) is 12.3. The molecule has 0 aromatic heterocycles. The van der Waals surface area contributed by atoms with E-state index in [9.17, 15) is 4.79 Å². The molecular formula is C8H9KNO2. The molecule has 2 N–H and O–H groups in total. The molecule has 12 heavy (non-hydrogen) atoms. The molecule has 0 atom stereocenters. The van der Waals surface area contributed by atoms with Crippen molar-refractivity contribution in [1.29, 1.82) is 0 Å². The molecule has 0 aliphatic rings. The summed E-state index contributed by atoms with van der Waals surface area (Å²) >= 11 is 0. The van der Waals surface area contributed by atoms with E-state index in [1.54, 1.807) is 17.6 Å². The van der Waals surface area contributed by atoms with E-state index in [2.05, 4.69) is 0 Å². The Hall–Kier alpha value is 0.286. The van der Waals surface area contributed by atoms with Gasteiger partial charge in [0.1, 0.15) is 0 Å². The molecule has 1 aromatic carbocycles. The van der Waals surface area contributed by atoms with Gasteiger partial charge in [-0.1, -0.05) is 17.7 Å². The van der Waals surface area contributed by atoms with E-state index in [4.69, 9.17) is 5.21 Å². The van der Waals surface area contributed by atoms with Gasteiger partial charge in [-0.25, -0.2) is 5.48 Å². The second-order valence-corrected chi connectivity index (χ2v) is 2.31. The Morgan fingerprint density at radius 3 is 2.25 bits per heavy atom. The summed E-state index contributed by atoms with van der Waals surface area (Å²) < 4.78 is 0. The Bertz CT molecular complexity index is 258. The SMILES string of the molecule is Cc1ccc(C(=O)NO)cc1.[K]. The molecular weight excluding hydrogens is 181 g/mol. The fourth-order valence-electron chi connectivity index (χ4n) is 0.769. The van der Waals surface area contributed by atoms with Gasteiger partial charge >= 0.3 is 0 Å². The van der Waals surface area contributed by atoms with Crippen molar-refractivity contribution in [2.75, 3.05) is 0 Å². The van der Waals surface area contributed by atoms with Crippen LogP contribution in [-0.2, 0) is 0 Å². The summed E-state index contributed by atoms with van der Waals surface area (Å²) in [5.41, 5.74) is 3.10. The minimum absolute atomic E-state index is 0. The third-order valence-corrected chi connectivity index (χ3v) is 1.42. The third kappa shape index (κ3) is 3.34. The zero-order valence-electron chi connectivity index (χ0n) is 7.16. The van der Waals surface area contributed by atoms with E-state index >= 15 is 0 Å². The number of hydrogen-bond donors (Lipinski definition) is 2. The number of aryl methyl sites for hydroxylation is 1. The molecule has 59 valence electrons. The number of hydroxylamine groups is 1. The number of carbonyl (C=O) groups is 1. The van der Waals surface area contributed by atoms with Crippen LogP contribution in [0.1, 0.15) is 15.9 Å². The van der Waals surface area contributed by atoms with E-state index in [0.29, 0.717) is 5.56 Å². The monoisotopic (exact) mass is 190 g/mol. The average molecular weight is 190 g/mol. The quantitative estimate of drug-likeness (QED) is 0.390. The Kier molecular flexibility index (Phi) is 5.99. The summed E-state index contributed by atoms with van der Waals surface area (Å²) in [6, 6.07) is 6.93. The van der Waals surface area contributed by atoms with Crippen molar-refractivity contribution >= 4 is 57.3 Å². The summed E-state index contributed by atoms with van der Waals surface area (Å²) in [6.07, 6.45) is 0. The van der Waals surface area contributed by atoms with E-state index < -0.39 is 5.91 Å². The predicted molar refractivity (Wildman–Crippen MR) is 46.2 cm³/mol. The van der Waals surface area contributed by atoms with Crippen molar-refractivity contribution in [3.05, 3.63) is 35.4 Å². The molecule has 0 bridgehead atoms. The van der Waals surface area contributed by atoms with E-state index in [1.807, 2.05) is 19.1 Å². The summed E-state index contributed by atoms with van der Waals surface area (Å²) in [7, 11) is 0. The Morgan fingerprint density at radius 2 is 1.83 bits per heavy atom. The van der Waals surface area contributed by atoms with Crippen LogP contribution >= 0.6 is 0 Å². The van der Waals surface area contributed by atoms with Gasteiger partial charge in [-0.15, -0.1) is 0 Å². The molecule has 0 unspecified atom stereocenters. The van der Waals surface area contributed by atoms with Gasteiger partial charge < -0.3 is 0 Å². The number of hydrogen-bond acceptors (Lipinski definition) is 2. The maximum Gasteiger partial charge on any atom is 0.274 e. The summed E-state index contributed by atoms with van der Waals surface area (Å²) in [4.78, 5) is 10.8. The largest absolute Gasteiger partial charge is 0.288 e. The predicted octanol–water partition coefficient (Wildman–Crippen LogP) is 0.733. The number of rotatable bonds is 1. The van der Waals surface area contributed by atoms with Crippen LogP contribution in [0.15, 0.2) is 24.3 Å². The van der Waals surface area contributed by atoms with Crippen molar-refractivity contribution in [3.63, 3.8) is 0 Å². The second kappa shape index (κ2) is 5.85. The van der Waals surface area contributed by atoms with Crippen molar-refractivity contribution in [3.8, 4) is 0 Å². The van der Waals surface area contributed by atoms with Gasteiger partial charge in [0.15, 0.2) is 0 Å². The molecule has 0 spiro atoms. The van der Waals surface area contributed by atoms with Gasteiger partial charge in [-0.2, -0.15) is 0 Å². The van der Waals surface area contributed by atoms with Crippen LogP contribution in [-0.4, -0.2) is 62.5 Å². The van der Waals surface area contributed by atoms with Crippen molar-refractivity contribution in [2.45, 2.75) is 6.92 Å². The molecule has 0 saturated heterocycles. The maximum absolute atomic E-state index is 10.8. The first-order valence-corrected chi connectivity index (χ1v) is 3.25. The Labute approximate surface area is 114 Å². The summed E-state index contributed by atoms with van der Waals surface area (Å²) in [5.74, 6) is -0.481. The summed E-state index contributed by atoms with van der Waals surface area (Å²) in [6.45, 7) is 1.93. The van der Waals surface area contributed by atoms with Crippen LogP contribution in [0.5, 0.6) is 0 Å². The molecule has 4 heteroatoms. The Morgan fingerprint density at radius 1 is 1.33 bits per heavy atom. The molecule has 0 aliphatic carbocycles. The van der Waals surface area contributed by atoms with E-state index in [1.165, 1.54) is 0 Å². The molecule has 3 nitrogen and oxygen atoms in total. The van der Waals surface area contributed by atoms with Crippen LogP contribution in [0.4, 0.5) is 0 Å². The van der Waals surface area contributed by atoms with Gasteiger partial charge in [0.2, 0.25) is 0 Å². The third-order valence-electron chi connectivity index (χ3n) is 1.42. The van der Waals surface area contributed by atoms with Gasteiger partial charge in [0.25, 0.3) is 5.91 Å². The summed E-state index contributed by atoms with van der Waals surface area (Å²) in [5, 5.41) is 8.26. The standard InChI is InChI=1S/C8H9NO2.K/c1-6-2-4-7(5-3-6)8(10)9-11;/h2-5,11H,1H3,(H,9,10);. The number of benzene rings is 1. The van der Waals surface area contributed by atoms with E-state index in [0.717, 1.165) is 5.56 Å². The molecule has 1 amide bonds. The topological polar surface area (TPSA) is 49.3 Å². The fourth-order valence-corrected chi connectivity index (χ4v) is 0.769. The Balaban J connectivity index is 0.00000121. The zero-order valence-corrected chi connectivity index (χ0v) is 10.3. The average Bonchev–Trinajstić information content (AvgIpc) is 2.05. The molecule has 0 saturated carbocycles. The molecule has 0 aliphatic heterocycles. The molecule has 1 rings (SSSR count). The zero-order chi connectivity index (χ0) is 8.27. The minimum atomic E-state index is -0.481. The normalized spacial score (nSPS) is 8.50. The molecule has 1 aromatic rings. The number of amides is 1. The molecule has 0 heterocycles. The first-order valence-electron chi connectivity index (χ1n) is 3.25. The van der Waals surface area contributed by atoms with Crippen LogP contribution in [0, 0.1) is 6.92 Å². The van der Waals surface area contributed by atoms with Crippen molar-refractivity contribution in [1.82, 2.24) is 5.48 Å². The van der Waals surface area contributed by atoms with Crippen LogP contribution < -0.4 is 5.48 Å². The van der Waals surface area contributed by atoms with Gasteiger partial charge in [0.05, 0.1) is 0 Å².